The predicted molar refractivity (Wildman–Crippen MR) is 76.1 cm³/mol. The molecule has 3 nitrogen and oxygen atoms in total. The van der Waals surface area contributed by atoms with Crippen LogP contribution in [0.2, 0.25) is 0 Å². The van der Waals surface area contributed by atoms with Gasteiger partial charge in [0.25, 0.3) is 0 Å². The summed E-state index contributed by atoms with van der Waals surface area (Å²) in [7, 11) is 0. The molecule has 0 spiro atoms. The third kappa shape index (κ3) is 3.59. The van der Waals surface area contributed by atoms with Gasteiger partial charge in [0.05, 0.1) is 6.54 Å². The number of hydrogen-bond donors (Lipinski definition) is 2. The Hall–Kier alpha value is -1.79. The SMILES string of the molecule is CC1(C)CC1C(=O)NCc1cccc(C#CCN)c1. The van der Waals surface area contributed by atoms with Crippen molar-refractivity contribution in [2.24, 2.45) is 17.1 Å². The molecule has 19 heavy (non-hydrogen) atoms. The number of amides is 1. The lowest BCUT2D eigenvalue weighted by Gasteiger charge is -2.07. The molecule has 2 rings (SSSR count). The van der Waals surface area contributed by atoms with Crippen LogP contribution in [-0.4, -0.2) is 12.5 Å². The van der Waals surface area contributed by atoms with Crippen LogP contribution in [0.1, 0.15) is 31.4 Å². The molecular formula is C16H20N2O. The zero-order chi connectivity index (χ0) is 13.9. The summed E-state index contributed by atoms with van der Waals surface area (Å²) in [6.07, 6.45) is 0.987. The average Bonchev–Trinajstić information content (AvgIpc) is 3.03. The largest absolute Gasteiger partial charge is 0.352 e. The highest BCUT2D eigenvalue weighted by atomic mass is 16.2. The van der Waals surface area contributed by atoms with Gasteiger partial charge in [0.2, 0.25) is 5.91 Å². The van der Waals surface area contributed by atoms with E-state index < -0.39 is 0 Å². The van der Waals surface area contributed by atoms with E-state index in [-0.39, 0.29) is 17.2 Å². The first kappa shape index (κ1) is 13.6. The first-order valence-electron chi connectivity index (χ1n) is 6.58. The summed E-state index contributed by atoms with van der Waals surface area (Å²) in [4.78, 5) is 11.9. The number of hydrogen-bond acceptors (Lipinski definition) is 2. The van der Waals surface area contributed by atoms with Crippen molar-refractivity contribution in [2.75, 3.05) is 6.54 Å². The molecule has 1 fully saturated rings. The topological polar surface area (TPSA) is 55.1 Å². The molecule has 1 saturated carbocycles. The van der Waals surface area contributed by atoms with Crippen LogP contribution in [0, 0.1) is 23.2 Å². The highest BCUT2D eigenvalue weighted by molar-refractivity contribution is 5.82. The Morgan fingerprint density at radius 1 is 1.53 bits per heavy atom. The van der Waals surface area contributed by atoms with Crippen LogP contribution < -0.4 is 11.1 Å². The molecule has 1 amide bonds. The number of nitrogens with one attached hydrogen (secondary N) is 1. The maximum absolute atomic E-state index is 11.9. The van der Waals surface area contributed by atoms with E-state index in [0.29, 0.717) is 13.1 Å². The molecule has 1 aliphatic rings. The van der Waals surface area contributed by atoms with Gasteiger partial charge in [-0.15, -0.1) is 0 Å². The second-order valence-electron chi connectivity index (χ2n) is 5.67. The Bertz CT molecular complexity index is 537. The molecule has 0 aromatic heterocycles. The van der Waals surface area contributed by atoms with Crippen LogP contribution in [0.5, 0.6) is 0 Å². The molecule has 0 bridgehead atoms. The molecule has 1 atom stereocenters. The van der Waals surface area contributed by atoms with Crippen LogP contribution in [-0.2, 0) is 11.3 Å². The summed E-state index contributed by atoms with van der Waals surface area (Å²) < 4.78 is 0. The second-order valence-corrected chi connectivity index (χ2v) is 5.67. The Balaban J connectivity index is 1.91. The van der Waals surface area contributed by atoms with E-state index in [4.69, 9.17) is 5.73 Å². The van der Waals surface area contributed by atoms with E-state index in [1.165, 1.54) is 0 Å². The van der Waals surface area contributed by atoms with Gasteiger partial charge in [-0.25, -0.2) is 0 Å². The third-order valence-electron chi connectivity index (χ3n) is 3.56. The van der Waals surface area contributed by atoms with E-state index in [1.807, 2.05) is 24.3 Å². The molecule has 0 aliphatic heterocycles. The Morgan fingerprint density at radius 2 is 2.26 bits per heavy atom. The predicted octanol–water partition coefficient (Wildman–Crippen LogP) is 1.66. The first-order valence-corrected chi connectivity index (χ1v) is 6.58. The van der Waals surface area contributed by atoms with E-state index in [1.54, 1.807) is 0 Å². The smallest absolute Gasteiger partial charge is 0.223 e. The van der Waals surface area contributed by atoms with Gasteiger partial charge in [-0.05, 0) is 29.5 Å². The zero-order valence-corrected chi connectivity index (χ0v) is 11.5. The van der Waals surface area contributed by atoms with Crippen LogP contribution in [0.4, 0.5) is 0 Å². The molecule has 1 aromatic carbocycles. The van der Waals surface area contributed by atoms with E-state index in [0.717, 1.165) is 17.5 Å². The van der Waals surface area contributed by atoms with Crippen LogP contribution in [0.3, 0.4) is 0 Å². The highest BCUT2D eigenvalue weighted by Crippen LogP contribution is 2.51. The minimum atomic E-state index is 0.156. The number of nitrogens with two attached hydrogens (primary N) is 1. The fourth-order valence-electron chi connectivity index (χ4n) is 2.14. The van der Waals surface area contributed by atoms with Gasteiger partial charge in [0, 0.05) is 18.0 Å². The van der Waals surface area contributed by atoms with Crippen LogP contribution in [0.25, 0.3) is 0 Å². The zero-order valence-electron chi connectivity index (χ0n) is 11.5. The normalized spacial score (nSPS) is 19.2. The second kappa shape index (κ2) is 5.46. The monoisotopic (exact) mass is 256 g/mol. The van der Waals surface area contributed by atoms with Gasteiger partial charge in [-0.2, -0.15) is 0 Å². The summed E-state index contributed by atoms with van der Waals surface area (Å²) in [6.45, 7) is 5.17. The Kier molecular flexibility index (Phi) is 3.92. The van der Waals surface area contributed by atoms with E-state index in [2.05, 4.69) is 31.0 Å². The van der Waals surface area contributed by atoms with Crippen molar-refractivity contribution in [1.29, 1.82) is 0 Å². The summed E-state index contributed by atoms with van der Waals surface area (Å²) in [5.74, 6) is 6.15. The van der Waals surface area contributed by atoms with E-state index >= 15 is 0 Å². The van der Waals surface area contributed by atoms with Crippen molar-refractivity contribution in [3.8, 4) is 11.8 Å². The van der Waals surface area contributed by atoms with Crippen molar-refractivity contribution < 1.29 is 4.79 Å². The number of benzene rings is 1. The number of carbonyl (C=O) groups is 1. The summed E-state index contributed by atoms with van der Waals surface area (Å²) in [6, 6.07) is 7.87. The summed E-state index contributed by atoms with van der Waals surface area (Å²) in [5.41, 5.74) is 7.53. The molecule has 1 unspecified atom stereocenters. The molecule has 0 saturated heterocycles. The first-order chi connectivity index (χ1) is 9.03. The average molecular weight is 256 g/mol. The minimum absolute atomic E-state index is 0.156. The fourth-order valence-corrected chi connectivity index (χ4v) is 2.14. The lowest BCUT2D eigenvalue weighted by molar-refractivity contribution is -0.123. The molecule has 3 heteroatoms. The number of carbonyl (C=O) groups excluding carboxylic acids is 1. The van der Waals surface area contributed by atoms with Gasteiger partial charge < -0.3 is 11.1 Å². The summed E-state index contributed by atoms with van der Waals surface area (Å²) >= 11 is 0. The van der Waals surface area contributed by atoms with Crippen molar-refractivity contribution >= 4 is 5.91 Å². The van der Waals surface area contributed by atoms with Crippen molar-refractivity contribution in [2.45, 2.75) is 26.8 Å². The molecule has 3 N–H and O–H groups in total. The van der Waals surface area contributed by atoms with Crippen molar-refractivity contribution in [3.63, 3.8) is 0 Å². The Morgan fingerprint density at radius 3 is 2.89 bits per heavy atom. The molecule has 1 aliphatic carbocycles. The third-order valence-corrected chi connectivity index (χ3v) is 3.56. The molecular weight excluding hydrogens is 236 g/mol. The fraction of sp³-hybridized carbons (Fsp3) is 0.438. The quantitative estimate of drug-likeness (QED) is 0.808. The van der Waals surface area contributed by atoms with Crippen molar-refractivity contribution in [1.82, 2.24) is 5.32 Å². The van der Waals surface area contributed by atoms with Crippen LogP contribution >= 0.6 is 0 Å². The lowest BCUT2D eigenvalue weighted by Crippen LogP contribution is -2.26. The molecule has 1 aromatic rings. The number of rotatable bonds is 3. The molecule has 100 valence electrons. The van der Waals surface area contributed by atoms with E-state index in [9.17, 15) is 4.79 Å². The molecule has 0 radical (unpaired) electrons. The van der Waals surface area contributed by atoms with Gasteiger partial charge in [0.15, 0.2) is 0 Å². The highest BCUT2D eigenvalue weighted by Gasteiger charge is 2.50. The van der Waals surface area contributed by atoms with Crippen molar-refractivity contribution in [3.05, 3.63) is 35.4 Å². The minimum Gasteiger partial charge on any atom is -0.352 e. The standard InChI is InChI=1S/C16H20N2O/c1-16(2)10-14(16)15(19)18-11-13-6-3-5-12(9-13)7-4-8-17/h3,5-6,9,14H,8,10-11,17H2,1-2H3,(H,18,19). The lowest BCUT2D eigenvalue weighted by atomic mass is 10.1. The van der Waals surface area contributed by atoms with Gasteiger partial charge in [-0.3, -0.25) is 4.79 Å². The Labute approximate surface area is 114 Å². The molecule has 0 heterocycles. The maximum Gasteiger partial charge on any atom is 0.223 e. The van der Waals surface area contributed by atoms with Gasteiger partial charge >= 0.3 is 0 Å². The van der Waals surface area contributed by atoms with Crippen LogP contribution in [0.15, 0.2) is 24.3 Å². The van der Waals surface area contributed by atoms with Gasteiger partial charge in [0.1, 0.15) is 0 Å². The summed E-state index contributed by atoms with van der Waals surface area (Å²) in [5, 5.41) is 2.99. The van der Waals surface area contributed by atoms with Gasteiger partial charge in [-0.1, -0.05) is 37.8 Å². The maximum atomic E-state index is 11.9.